The smallest absolute Gasteiger partial charge is 0.159 e. The standard InChI is InChI=1S/C14H15BrN2O2/c1-9-14(15)13(17(3)16-9)8-19-12-6-4-5-11(7-12)10(2)18/h4-7H,8H2,1-3H3. The second-order valence-electron chi connectivity index (χ2n) is 4.34. The molecule has 100 valence electrons. The summed E-state index contributed by atoms with van der Waals surface area (Å²) in [7, 11) is 1.88. The molecule has 0 bridgehead atoms. The van der Waals surface area contributed by atoms with Crippen molar-refractivity contribution in [1.29, 1.82) is 0 Å². The van der Waals surface area contributed by atoms with Crippen LogP contribution in [0.2, 0.25) is 0 Å². The van der Waals surface area contributed by atoms with Crippen molar-refractivity contribution in [2.45, 2.75) is 20.5 Å². The summed E-state index contributed by atoms with van der Waals surface area (Å²) < 4.78 is 8.46. The third kappa shape index (κ3) is 3.04. The number of benzene rings is 1. The Labute approximate surface area is 120 Å². The molecule has 0 aliphatic rings. The molecule has 0 radical (unpaired) electrons. The molecular weight excluding hydrogens is 308 g/mol. The molecule has 0 spiro atoms. The highest BCUT2D eigenvalue weighted by atomic mass is 79.9. The van der Waals surface area contributed by atoms with Crippen LogP contribution in [-0.4, -0.2) is 15.6 Å². The molecular formula is C14H15BrN2O2. The normalized spacial score (nSPS) is 10.5. The van der Waals surface area contributed by atoms with Crippen LogP contribution in [0.3, 0.4) is 0 Å². The van der Waals surface area contributed by atoms with Crippen LogP contribution in [0, 0.1) is 6.92 Å². The molecule has 1 heterocycles. The Morgan fingerprint density at radius 3 is 2.79 bits per heavy atom. The molecule has 0 N–H and O–H groups in total. The van der Waals surface area contributed by atoms with Crippen LogP contribution in [0.25, 0.3) is 0 Å². The Hall–Kier alpha value is -1.62. The summed E-state index contributed by atoms with van der Waals surface area (Å²) in [6, 6.07) is 7.18. The van der Waals surface area contributed by atoms with Gasteiger partial charge in [-0.2, -0.15) is 5.10 Å². The van der Waals surface area contributed by atoms with E-state index < -0.39 is 0 Å². The van der Waals surface area contributed by atoms with Gasteiger partial charge in [-0.15, -0.1) is 0 Å². The molecule has 5 heteroatoms. The molecule has 0 unspecified atom stereocenters. The number of hydrogen-bond acceptors (Lipinski definition) is 3. The molecule has 2 rings (SSSR count). The molecule has 1 aromatic carbocycles. The van der Waals surface area contributed by atoms with E-state index in [4.69, 9.17) is 4.74 Å². The Kier molecular flexibility index (Phi) is 4.04. The van der Waals surface area contributed by atoms with Gasteiger partial charge < -0.3 is 4.74 Å². The Morgan fingerprint density at radius 1 is 1.47 bits per heavy atom. The summed E-state index contributed by atoms with van der Waals surface area (Å²) in [5.74, 6) is 0.710. The Morgan fingerprint density at radius 2 is 2.21 bits per heavy atom. The number of halogens is 1. The van der Waals surface area contributed by atoms with Crippen LogP contribution in [0.4, 0.5) is 0 Å². The summed E-state index contributed by atoms with van der Waals surface area (Å²) in [5.41, 5.74) is 2.54. The van der Waals surface area contributed by atoms with Crippen molar-refractivity contribution >= 4 is 21.7 Å². The van der Waals surface area contributed by atoms with Crippen LogP contribution in [0.15, 0.2) is 28.7 Å². The van der Waals surface area contributed by atoms with Gasteiger partial charge in [-0.25, -0.2) is 0 Å². The van der Waals surface area contributed by atoms with Crippen LogP contribution < -0.4 is 4.74 Å². The second kappa shape index (κ2) is 5.57. The Balaban J connectivity index is 2.14. The van der Waals surface area contributed by atoms with Crippen molar-refractivity contribution in [2.75, 3.05) is 0 Å². The van der Waals surface area contributed by atoms with E-state index in [1.54, 1.807) is 23.7 Å². The molecule has 1 aromatic heterocycles. The van der Waals surface area contributed by atoms with Crippen molar-refractivity contribution in [3.8, 4) is 5.75 Å². The van der Waals surface area contributed by atoms with Gasteiger partial charge in [0, 0.05) is 12.6 Å². The highest BCUT2D eigenvalue weighted by molar-refractivity contribution is 9.10. The first-order valence-corrected chi connectivity index (χ1v) is 6.70. The lowest BCUT2D eigenvalue weighted by Gasteiger charge is -2.08. The van der Waals surface area contributed by atoms with E-state index in [1.807, 2.05) is 26.1 Å². The Bertz CT molecular complexity index is 620. The summed E-state index contributed by atoms with van der Waals surface area (Å²) in [6.45, 7) is 3.88. The van der Waals surface area contributed by atoms with Gasteiger partial charge in [-0.05, 0) is 41.9 Å². The summed E-state index contributed by atoms with van der Waals surface area (Å²) in [5, 5.41) is 4.30. The number of ether oxygens (including phenoxy) is 1. The van der Waals surface area contributed by atoms with Gasteiger partial charge in [0.1, 0.15) is 12.4 Å². The van der Waals surface area contributed by atoms with Gasteiger partial charge in [-0.1, -0.05) is 12.1 Å². The average Bonchev–Trinajstić information content (AvgIpc) is 2.61. The average molecular weight is 323 g/mol. The first-order chi connectivity index (χ1) is 8.99. The van der Waals surface area contributed by atoms with Crippen molar-refractivity contribution in [2.24, 2.45) is 7.05 Å². The third-order valence-corrected chi connectivity index (χ3v) is 3.91. The van der Waals surface area contributed by atoms with Gasteiger partial charge in [0.25, 0.3) is 0 Å². The second-order valence-corrected chi connectivity index (χ2v) is 5.14. The summed E-state index contributed by atoms with van der Waals surface area (Å²) >= 11 is 3.49. The fraction of sp³-hybridized carbons (Fsp3) is 0.286. The van der Waals surface area contributed by atoms with Crippen LogP contribution in [-0.2, 0) is 13.7 Å². The van der Waals surface area contributed by atoms with Gasteiger partial charge in [-0.3, -0.25) is 9.48 Å². The zero-order chi connectivity index (χ0) is 14.0. The minimum Gasteiger partial charge on any atom is -0.487 e. The SMILES string of the molecule is CC(=O)c1cccc(OCc2c(Br)c(C)nn2C)c1. The lowest BCUT2D eigenvalue weighted by Crippen LogP contribution is -2.04. The van der Waals surface area contributed by atoms with E-state index >= 15 is 0 Å². The number of aryl methyl sites for hydroxylation is 2. The van der Waals surface area contributed by atoms with Gasteiger partial charge >= 0.3 is 0 Å². The van der Waals surface area contributed by atoms with Gasteiger partial charge in [0.15, 0.2) is 5.78 Å². The number of rotatable bonds is 4. The number of Topliss-reactive ketones (excluding diaryl/α,β-unsaturated/α-hetero) is 1. The predicted octanol–water partition coefficient (Wildman–Crippen LogP) is 3.27. The molecule has 0 aliphatic heterocycles. The zero-order valence-corrected chi connectivity index (χ0v) is 12.7. The van der Waals surface area contributed by atoms with E-state index in [1.165, 1.54) is 0 Å². The van der Waals surface area contributed by atoms with Crippen molar-refractivity contribution in [3.63, 3.8) is 0 Å². The number of carbonyl (C=O) groups excluding carboxylic acids is 1. The molecule has 0 saturated carbocycles. The van der Waals surface area contributed by atoms with Crippen molar-refractivity contribution < 1.29 is 9.53 Å². The monoisotopic (exact) mass is 322 g/mol. The van der Waals surface area contributed by atoms with Crippen LogP contribution in [0.5, 0.6) is 5.75 Å². The summed E-state index contributed by atoms with van der Waals surface area (Å²) in [4.78, 5) is 11.3. The van der Waals surface area contributed by atoms with Gasteiger partial charge in [0.2, 0.25) is 0 Å². The molecule has 0 fully saturated rings. The van der Waals surface area contributed by atoms with Gasteiger partial charge in [0.05, 0.1) is 15.9 Å². The van der Waals surface area contributed by atoms with E-state index in [9.17, 15) is 4.79 Å². The molecule has 2 aromatic rings. The first kappa shape index (κ1) is 13.8. The highest BCUT2D eigenvalue weighted by Crippen LogP contribution is 2.22. The lowest BCUT2D eigenvalue weighted by molar-refractivity contribution is 0.101. The maximum Gasteiger partial charge on any atom is 0.159 e. The quantitative estimate of drug-likeness (QED) is 0.811. The minimum absolute atomic E-state index is 0.0306. The van der Waals surface area contributed by atoms with E-state index in [0.29, 0.717) is 17.9 Å². The largest absolute Gasteiger partial charge is 0.487 e. The summed E-state index contributed by atoms with van der Waals surface area (Å²) in [6.07, 6.45) is 0. The van der Waals surface area contributed by atoms with Crippen LogP contribution in [0.1, 0.15) is 28.7 Å². The zero-order valence-electron chi connectivity index (χ0n) is 11.1. The molecule has 0 aliphatic carbocycles. The maximum absolute atomic E-state index is 11.3. The fourth-order valence-electron chi connectivity index (χ4n) is 1.79. The van der Waals surface area contributed by atoms with E-state index in [-0.39, 0.29) is 5.78 Å². The number of hydrogen-bond donors (Lipinski definition) is 0. The molecule has 4 nitrogen and oxygen atoms in total. The number of carbonyl (C=O) groups is 1. The lowest BCUT2D eigenvalue weighted by atomic mass is 10.1. The number of nitrogens with zero attached hydrogens (tertiary/aromatic N) is 2. The molecule has 0 amide bonds. The predicted molar refractivity (Wildman–Crippen MR) is 76.4 cm³/mol. The van der Waals surface area contributed by atoms with Crippen molar-refractivity contribution in [3.05, 3.63) is 45.7 Å². The van der Waals surface area contributed by atoms with E-state index in [2.05, 4.69) is 21.0 Å². The minimum atomic E-state index is 0.0306. The highest BCUT2D eigenvalue weighted by Gasteiger charge is 2.11. The van der Waals surface area contributed by atoms with E-state index in [0.717, 1.165) is 15.9 Å². The molecule has 0 saturated heterocycles. The third-order valence-electron chi connectivity index (χ3n) is 2.88. The first-order valence-electron chi connectivity index (χ1n) is 5.91. The fourth-order valence-corrected chi connectivity index (χ4v) is 2.24. The maximum atomic E-state index is 11.3. The van der Waals surface area contributed by atoms with Crippen molar-refractivity contribution in [1.82, 2.24) is 9.78 Å². The topological polar surface area (TPSA) is 44.1 Å². The number of ketones is 1. The molecule has 19 heavy (non-hydrogen) atoms. The molecule has 0 atom stereocenters. The number of aromatic nitrogens is 2. The van der Waals surface area contributed by atoms with Crippen LogP contribution >= 0.6 is 15.9 Å².